The van der Waals surface area contributed by atoms with Crippen LogP contribution in [0, 0.1) is 11.7 Å². The predicted octanol–water partition coefficient (Wildman–Crippen LogP) is 5.14. The summed E-state index contributed by atoms with van der Waals surface area (Å²) in [6.45, 7) is 10.8. The number of nitrogens with zero attached hydrogens (tertiary/aromatic N) is 5. The molecule has 22 heteroatoms. The summed E-state index contributed by atoms with van der Waals surface area (Å²) in [6, 6.07) is 17.2. The van der Waals surface area contributed by atoms with E-state index >= 15 is 4.39 Å². The molecule has 6 N–H and O–H groups in total. The molecule has 1 saturated heterocycles. The molecule has 6 rings (SSSR count). The van der Waals surface area contributed by atoms with Crippen molar-refractivity contribution in [3.63, 3.8) is 0 Å². The Hall–Kier alpha value is -6.62. The number of hydrogen-bond acceptors (Lipinski definition) is 17. The summed E-state index contributed by atoms with van der Waals surface area (Å²) < 4.78 is 52.7. The molecule has 1 aliphatic heterocycles. The number of hydrogen-bond donors (Lipinski definition) is 4. The number of rotatable bonds is 23. The molecule has 3 heterocycles. The van der Waals surface area contributed by atoms with Gasteiger partial charge in [0.1, 0.15) is 37.1 Å². The number of primary amides is 1. The first-order valence-corrected chi connectivity index (χ1v) is 22.8. The van der Waals surface area contributed by atoms with Crippen LogP contribution in [0.25, 0.3) is 22.2 Å². The van der Waals surface area contributed by atoms with Gasteiger partial charge in [-0.15, -0.1) is 10.2 Å². The summed E-state index contributed by atoms with van der Waals surface area (Å²) in [4.78, 5) is 59.2. The second kappa shape index (κ2) is 28.1. The van der Waals surface area contributed by atoms with E-state index in [9.17, 15) is 19.2 Å². The number of halogens is 2. The zero-order valence-electron chi connectivity index (χ0n) is 39.5. The minimum Gasteiger partial charge on any atom is -0.480 e. The number of morpholine rings is 1. The van der Waals surface area contributed by atoms with Gasteiger partial charge in [-0.25, -0.2) is 19.2 Å². The molecule has 1 aliphatic rings. The molecule has 2 atom stereocenters. The fraction of sp³-hybridized carbons (Fsp3) is 0.417. The van der Waals surface area contributed by atoms with Crippen LogP contribution in [0.4, 0.5) is 20.6 Å². The maximum absolute atomic E-state index is 15.8. The van der Waals surface area contributed by atoms with Crippen LogP contribution in [0.3, 0.4) is 0 Å². The van der Waals surface area contributed by atoms with Crippen LogP contribution in [0.2, 0.25) is 5.02 Å². The quantitative estimate of drug-likeness (QED) is 0.0488. The van der Waals surface area contributed by atoms with Crippen LogP contribution >= 0.6 is 11.6 Å². The van der Waals surface area contributed by atoms with Crippen molar-refractivity contribution in [2.75, 3.05) is 89.8 Å². The first-order chi connectivity index (χ1) is 33.8. The number of carbonyl (C=O) groups is 4. The number of fused-ring (bicyclic) bond motifs is 1. The summed E-state index contributed by atoms with van der Waals surface area (Å²) in [6.07, 6.45) is -0.668. The molecule has 0 radical (unpaired) electrons. The topological polar surface area (TPSA) is 264 Å². The SMILES string of the molecule is COc1ccc(C(OC(=O)OCc2ccc(NC(=O)C(C)NC(=O)CC(C)C)cc2)c2cc(-c3ncnc4cc(N5CCOCC5)ccc34)c(F)cc2Cl)nn1.NCCOCCOCCOCC(N)=O. The van der Waals surface area contributed by atoms with Crippen LogP contribution in [0.5, 0.6) is 5.88 Å². The molecule has 3 amide bonds. The molecule has 20 nitrogen and oxygen atoms in total. The average molecular weight is 993 g/mol. The summed E-state index contributed by atoms with van der Waals surface area (Å²) >= 11 is 6.64. The standard InChI is InChI=1S/C40H41ClFN7O7.C8H18N2O4/c1-23(2)17-35(50)45-24(3)39(51)46-26-7-5-25(6-8-26)21-55-40(52)56-38(33-11-12-36(53-4)48-47-33)29-19-30(32(42)20-31(29)41)37-28-10-9-27(18-34(28)43-22-44-37)49-13-15-54-16-14-49;9-1-2-12-3-4-13-5-6-14-7-8(10)11/h5-12,18-20,22-24,38H,13-17,21H2,1-4H3,(H,45,50)(H,46,51);1-7,9H2,(H2,10,11). The Labute approximate surface area is 409 Å². The van der Waals surface area contributed by atoms with Crippen molar-refractivity contribution in [3.05, 3.63) is 101 Å². The lowest BCUT2D eigenvalue weighted by atomic mass is 9.99. The molecule has 0 spiro atoms. The summed E-state index contributed by atoms with van der Waals surface area (Å²) in [5.41, 5.74) is 13.5. The molecule has 0 bridgehead atoms. The van der Waals surface area contributed by atoms with Crippen molar-refractivity contribution in [3.8, 4) is 17.1 Å². The van der Waals surface area contributed by atoms with Gasteiger partial charge in [-0.2, -0.15) is 0 Å². The highest BCUT2D eigenvalue weighted by Crippen LogP contribution is 2.38. The number of amides is 3. The number of aromatic nitrogens is 4. The molecule has 70 heavy (non-hydrogen) atoms. The molecular formula is C48H59ClFN9O11. The van der Waals surface area contributed by atoms with Crippen molar-refractivity contribution in [1.29, 1.82) is 0 Å². The Balaban J connectivity index is 0.000000566. The van der Waals surface area contributed by atoms with Gasteiger partial charge in [0.15, 0.2) is 6.10 Å². The zero-order valence-corrected chi connectivity index (χ0v) is 40.2. The third kappa shape index (κ3) is 17.1. The lowest BCUT2D eigenvalue weighted by Crippen LogP contribution is -2.41. The molecule has 3 aromatic carbocycles. The lowest BCUT2D eigenvalue weighted by molar-refractivity contribution is -0.126. The normalized spacial score (nSPS) is 13.2. The van der Waals surface area contributed by atoms with Crippen molar-refractivity contribution in [2.45, 2.75) is 45.9 Å². The lowest BCUT2D eigenvalue weighted by Gasteiger charge is -2.29. The van der Waals surface area contributed by atoms with E-state index in [-0.39, 0.29) is 58.7 Å². The van der Waals surface area contributed by atoms with Gasteiger partial charge in [0.05, 0.1) is 69.6 Å². The first kappa shape index (κ1) is 54.3. The largest absolute Gasteiger partial charge is 0.509 e. The third-order valence-electron chi connectivity index (χ3n) is 10.2. The smallest absolute Gasteiger partial charge is 0.480 e. The summed E-state index contributed by atoms with van der Waals surface area (Å²) in [5, 5.41) is 14.2. The number of carbonyl (C=O) groups excluding carboxylic acids is 4. The van der Waals surface area contributed by atoms with Gasteiger partial charge in [0, 0.05) is 60.0 Å². The molecule has 376 valence electrons. The van der Waals surface area contributed by atoms with E-state index in [1.807, 2.05) is 32.0 Å². The zero-order chi connectivity index (χ0) is 50.4. The highest BCUT2D eigenvalue weighted by Gasteiger charge is 2.28. The van der Waals surface area contributed by atoms with Gasteiger partial charge in [0.2, 0.25) is 23.6 Å². The Bertz CT molecular complexity index is 2480. The third-order valence-corrected chi connectivity index (χ3v) is 10.5. The Morgan fingerprint density at radius 1 is 0.886 bits per heavy atom. The number of anilines is 2. The maximum Gasteiger partial charge on any atom is 0.509 e. The van der Waals surface area contributed by atoms with Crippen LogP contribution in [-0.2, 0) is 49.4 Å². The number of benzene rings is 3. The van der Waals surface area contributed by atoms with Crippen molar-refractivity contribution < 1.29 is 56.7 Å². The predicted molar refractivity (Wildman–Crippen MR) is 258 cm³/mol. The fourth-order valence-corrected chi connectivity index (χ4v) is 6.98. The molecule has 0 saturated carbocycles. The second-order valence-electron chi connectivity index (χ2n) is 16.0. The number of ether oxygens (including phenoxy) is 7. The molecule has 0 aliphatic carbocycles. The van der Waals surface area contributed by atoms with Gasteiger partial charge in [0.25, 0.3) is 0 Å². The number of nitrogens with one attached hydrogen (secondary N) is 2. The molecular weight excluding hydrogens is 933 g/mol. The molecule has 2 aromatic heterocycles. The van der Waals surface area contributed by atoms with Crippen LogP contribution in [0.15, 0.2) is 73.1 Å². The molecule has 5 aromatic rings. The minimum atomic E-state index is -1.28. The molecule has 2 unspecified atom stereocenters. The maximum atomic E-state index is 15.8. The Morgan fingerprint density at radius 3 is 2.26 bits per heavy atom. The summed E-state index contributed by atoms with van der Waals surface area (Å²) in [5.74, 6) is -1.33. The van der Waals surface area contributed by atoms with Gasteiger partial charge in [-0.3, -0.25) is 14.4 Å². The number of nitrogens with two attached hydrogens (primary N) is 2. The van der Waals surface area contributed by atoms with E-state index in [0.717, 1.165) is 24.8 Å². The van der Waals surface area contributed by atoms with Crippen LogP contribution in [-0.4, -0.2) is 130 Å². The Morgan fingerprint density at radius 2 is 1.60 bits per heavy atom. The van der Waals surface area contributed by atoms with Crippen molar-refractivity contribution in [1.82, 2.24) is 25.5 Å². The first-order valence-electron chi connectivity index (χ1n) is 22.4. The fourth-order valence-electron chi connectivity index (χ4n) is 6.73. The van der Waals surface area contributed by atoms with E-state index in [0.29, 0.717) is 87.1 Å². The van der Waals surface area contributed by atoms with E-state index in [4.69, 9.17) is 56.2 Å². The van der Waals surface area contributed by atoms with Crippen LogP contribution < -0.4 is 31.7 Å². The van der Waals surface area contributed by atoms with E-state index < -0.39 is 30.0 Å². The van der Waals surface area contributed by atoms with Crippen molar-refractivity contribution in [2.24, 2.45) is 17.4 Å². The van der Waals surface area contributed by atoms with E-state index in [1.54, 1.807) is 37.3 Å². The molecule has 1 fully saturated rings. The average Bonchev–Trinajstić information content (AvgIpc) is 3.35. The van der Waals surface area contributed by atoms with Gasteiger partial charge in [-0.1, -0.05) is 37.6 Å². The van der Waals surface area contributed by atoms with Crippen LogP contribution in [0.1, 0.15) is 50.1 Å². The highest BCUT2D eigenvalue weighted by molar-refractivity contribution is 6.31. The second-order valence-corrected chi connectivity index (χ2v) is 16.4. The van der Waals surface area contributed by atoms with Gasteiger partial charge < -0.3 is 60.2 Å². The summed E-state index contributed by atoms with van der Waals surface area (Å²) in [7, 11) is 1.43. The monoisotopic (exact) mass is 991 g/mol. The van der Waals surface area contributed by atoms with Crippen molar-refractivity contribution >= 4 is 57.8 Å². The van der Waals surface area contributed by atoms with Gasteiger partial charge in [-0.05, 0) is 66.9 Å². The van der Waals surface area contributed by atoms with E-state index in [2.05, 4.69) is 35.7 Å². The Kier molecular flexibility index (Phi) is 21.8. The van der Waals surface area contributed by atoms with E-state index in [1.165, 1.54) is 25.6 Å². The highest BCUT2D eigenvalue weighted by atomic mass is 35.5. The minimum absolute atomic E-state index is 0.0407. The van der Waals surface area contributed by atoms with Gasteiger partial charge >= 0.3 is 6.16 Å². The number of methoxy groups -OCH3 is 1.